The second kappa shape index (κ2) is 13.2. The highest BCUT2D eigenvalue weighted by atomic mass is 15.1. The van der Waals surface area contributed by atoms with Gasteiger partial charge < -0.3 is 9.80 Å². The minimum atomic E-state index is 0.132. The largest absolute Gasteiger partial charge is 0.341 e. The molecule has 54 heavy (non-hydrogen) atoms. The molecular formula is C52H52N2. The molecule has 270 valence electrons. The Morgan fingerprint density at radius 3 is 1.20 bits per heavy atom. The summed E-state index contributed by atoms with van der Waals surface area (Å²) in [5.74, 6) is 0. The lowest BCUT2D eigenvalue weighted by Gasteiger charge is -2.34. The monoisotopic (exact) mass is 704 g/mol. The van der Waals surface area contributed by atoms with Crippen LogP contribution in [0.4, 0.5) is 22.7 Å². The standard InChI is InChI=1S/C52H52N2/c1-51(2,3)39-21-27-47-37(31-39)19-13-29-53(47)41-23-25-43-45(33-41)49(35-15-9-7-10-16-35)44-26-24-42(34-46(44)50(43)36-17-11-8-12-18-36)54-30-14-20-38-32-40(52(4,5)6)22-28-48(38)54/h7-12,15-18,21-28,31-34H,13-14,19-20,29-30H2,1-6H3. The third kappa shape index (κ3) is 6.06. The van der Waals surface area contributed by atoms with Crippen LogP contribution in [0.2, 0.25) is 0 Å². The number of fused-ring (bicyclic) bond motifs is 4. The molecule has 0 N–H and O–H groups in total. The highest BCUT2D eigenvalue weighted by Gasteiger charge is 2.26. The van der Waals surface area contributed by atoms with Crippen LogP contribution in [-0.2, 0) is 23.7 Å². The summed E-state index contributed by atoms with van der Waals surface area (Å²) in [4.78, 5) is 5.13. The SMILES string of the molecule is CC(C)(C)c1ccc2c(c1)CCCN2c1ccc2c(-c3ccccc3)c3cc(N4CCCc5cc(C(C)(C)C)ccc54)ccc3c(-c3ccccc3)c2c1. The van der Waals surface area contributed by atoms with E-state index in [2.05, 4.69) is 185 Å². The van der Waals surface area contributed by atoms with Crippen LogP contribution in [0.1, 0.15) is 76.6 Å². The first-order valence-electron chi connectivity index (χ1n) is 20.0. The first kappa shape index (κ1) is 34.4. The maximum Gasteiger partial charge on any atom is 0.0443 e. The molecule has 9 rings (SSSR count). The van der Waals surface area contributed by atoms with E-state index in [4.69, 9.17) is 0 Å². The second-order valence-corrected chi connectivity index (χ2v) is 17.6. The average Bonchev–Trinajstić information content (AvgIpc) is 3.18. The molecular weight excluding hydrogens is 653 g/mol. The van der Waals surface area contributed by atoms with E-state index < -0.39 is 0 Å². The van der Waals surface area contributed by atoms with E-state index in [0.717, 1.165) is 38.8 Å². The lowest BCUT2D eigenvalue weighted by Crippen LogP contribution is -2.25. The average molecular weight is 705 g/mol. The quantitative estimate of drug-likeness (QED) is 0.168. The molecule has 2 heterocycles. The fourth-order valence-corrected chi connectivity index (χ4v) is 9.04. The van der Waals surface area contributed by atoms with Crippen molar-refractivity contribution in [2.45, 2.75) is 78.1 Å². The first-order valence-corrected chi connectivity index (χ1v) is 20.0. The van der Waals surface area contributed by atoms with E-state index in [1.54, 1.807) is 0 Å². The molecule has 0 aliphatic carbocycles. The highest BCUT2D eigenvalue weighted by molar-refractivity contribution is 6.22. The zero-order chi connectivity index (χ0) is 37.2. The van der Waals surface area contributed by atoms with Crippen LogP contribution in [0, 0.1) is 0 Å². The molecule has 0 fully saturated rings. The number of anilines is 4. The van der Waals surface area contributed by atoms with Crippen LogP contribution in [0.25, 0.3) is 43.8 Å². The van der Waals surface area contributed by atoms with Gasteiger partial charge in [0.1, 0.15) is 0 Å². The van der Waals surface area contributed by atoms with Crippen LogP contribution >= 0.6 is 0 Å². The Balaban J connectivity index is 1.27. The smallest absolute Gasteiger partial charge is 0.0443 e. The van der Waals surface area contributed by atoms with E-state index in [0.29, 0.717) is 0 Å². The summed E-state index contributed by atoms with van der Waals surface area (Å²) in [7, 11) is 0. The molecule has 2 aliphatic heterocycles. The van der Waals surface area contributed by atoms with Crippen LogP contribution in [0.3, 0.4) is 0 Å². The fraction of sp³-hybridized carbons (Fsp3) is 0.269. The third-order valence-corrected chi connectivity index (χ3v) is 12.0. The normalized spacial score (nSPS) is 14.7. The minimum absolute atomic E-state index is 0.132. The van der Waals surface area contributed by atoms with Crippen LogP contribution in [0.15, 0.2) is 133 Å². The van der Waals surface area contributed by atoms with Crippen molar-refractivity contribution < 1.29 is 0 Å². The van der Waals surface area contributed by atoms with Crippen molar-refractivity contribution in [2.24, 2.45) is 0 Å². The van der Waals surface area contributed by atoms with Crippen molar-refractivity contribution in [2.75, 3.05) is 22.9 Å². The van der Waals surface area contributed by atoms with Crippen molar-refractivity contribution in [3.8, 4) is 22.3 Å². The van der Waals surface area contributed by atoms with Gasteiger partial charge in [0.25, 0.3) is 0 Å². The lowest BCUT2D eigenvalue weighted by atomic mass is 9.84. The van der Waals surface area contributed by atoms with Gasteiger partial charge in [-0.25, -0.2) is 0 Å². The molecule has 0 amide bonds. The van der Waals surface area contributed by atoms with Crippen molar-refractivity contribution in [1.82, 2.24) is 0 Å². The number of nitrogens with zero attached hydrogens (tertiary/aromatic N) is 2. The summed E-state index contributed by atoms with van der Waals surface area (Å²) in [6.07, 6.45) is 4.56. The number of hydrogen-bond donors (Lipinski definition) is 0. The maximum absolute atomic E-state index is 2.56. The maximum atomic E-state index is 2.56. The molecule has 2 aliphatic rings. The van der Waals surface area contributed by atoms with Crippen molar-refractivity contribution in [3.63, 3.8) is 0 Å². The van der Waals surface area contributed by atoms with Gasteiger partial charge in [-0.1, -0.05) is 139 Å². The first-order chi connectivity index (χ1) is 26.0. The molecule has 2 nitrogen and oxygen atoms in total. The van der Waals surface area contributed by atoms with E-state index in [9.17, 15) is 0 Å². The Labute approximate surface area is 322 Å². The molecule has 0 saturated carbocycles. The summed E-state index contributed by atoms with van der Waals surface area (Å²) < 4.78 is 0. The summed E-state index contributed by atoms with van der Waals surface area (Å²) in [6, 6.07) is 51.0. The molecule has 0 saturated heterocycles. The van der Waals surface area contributed by atoms with Gasteiger partial charge in [-0.05, 0) is 139 Å². The number of benzene rings is 7. The highest BCUT2D eigenvalue weighted by Crippen LogP contribution is 2.48. The van der Waals surface area contributed by atoms with E-state index in [-0.39, 0.29) is 10.8 Å². The molecule has 2 heteroatoms. The number of aryl methyl sites for hydroxylation is 2. The van der Waals surface area contributed by atoms with Gasteiger partial charge in [0, 0.05) is 35.8 Å². The minimum Gasteiger partial charge on any atom is -0.341 e. The summed E-state index contributed by atoms with van der Waals surface area (Å²) >= 11 is 0. The number of hydrogen-bond acceptors (Lipinski definition) is 2. The van der Waals surface area contributed by atoms with Crippen molar-refractivity contribution in [1.29, 1.82) is 0 Å². The predicted octanol–water partition coefficient (Wildman–Crippen LogP) is 14.1. The zero-order valence-corrected chi connectivity index (χ0v) is 32.8. The molecule has 0 bridgehead atoms. The Morgan fingerprint density at radius 1 is 0.407 bits per heavy atom. The van der Waals surface area contributed by atoms with Crippen LogP contribution in [0.5, 0.6) is 0 Å². The lowest BCUT2D eigenvalue weighted by molar-refractivity contribution is 0.588. The Hall–Kier alpha value is -5.34. The molecule has 0 unspecified atom stereocenters. The summed E-state index contributed by atoms with van der Waals surface area (Å²) in [6.45, 7) is 15.9. The van der Waals surface area contributed by atoms with Gasteiger partial charge in [0.2, 0.25) is 0 Å². The second-order valence-electron chi connectivity index (χ2n) is 17.6. The molecule has 0 spiro atoms. The Bertz CT molecular complexity index is 2340. The van der Waals surface area contributed by atoms with Gasteiger partial charge in [0.15, 0.2) is 0 Å². The zero-order valence-electron chi connectivity index (χ0n) is 32.8. The van der Waals surface area contributed by atoms with Gasteiger partial charge in [-0.2, -0.15) is 0 Å². The molecule has 7 aromatic carbocycles. The molecule has 0 radical (unpaired) electrons. The van der Waals surface area contributed by atoms with Gasteiger partial charge >= 0.3 is 0 Å². The van der Waals surface area contributed by atoms with E-state index in [1.165, 1.54) is 88.8 Å². The predicted molar refractivity (Wildman–Crippen MR) is 233 cm³/mol. The van der Waals surface area contributed by atoms with Gasteiger partial charge in [-0.3, -0.25) is 0 Å². The van der Waals surface area contributed by atoms with Gasteiger partial charge in [-0.15, -0.1) is 0 Å². The van der Waals surface area contributed by atoms with Crippen LogP contribution < -0.4 is 9.80 Å². The Morgan fingerprint density at radius 2 is 0.815 bits per heavy atom. The van der Waals surface area contributed by atoms with Gasteiger partial charge in [0.05, 0.1) is 0 Å². The van der Waals surface area contributed by atoms with E-state index >= 15 is 0 Å². The molecule has 7 aromatic rings. The van der Waals surface area contributed by atoms with Crippen molar-refractivity contribution in [3.05, 3.63) is 156 Å². The summed E-state index contributed by atoms with van der Waals surface area (Å²) in [5, 5.41) is 5.19. The third-order valence-electron chi connectivity index (χ3n) is 12.0. The fourth-order valence-electron chi connectivity index (χ4n) is 9.04. The van der Waals surface area contributed by atoms with E-state index in [1.807, 2.05) is 0 Å². The topological polar surface area (TPSA) is 6.48 Å². The van der Waals surface area contributed by atoms with Crippen molar-refractivity contribution >= 4 is 44.3 Å². The van der Waals surface area contributed by atoms with Crippen LogP contribution in [-0.4, -0.2) is 13.1 Å². The molecule has 0 atom stereocenters. The Kier molecular flexibility index (Phi) is 8.42. The summed E-state index contributed by atoms with van der Waals surface area (Å²) in [5.41, 5.74) is 16.3. The number of rotatable bonds is 4. The molecule has 0 aromatic heterocycles.